The summed E-state index contributed by atoms with van der Waals surface area (Å²) in [4.78, 5) is 16.8. The van der Waals surface area contributed by atoms with E-state index in [4.69, 9.17) is 4.74 Å². The molecule has 1 aromatic heterocycles. The number of methoxy groups -OCH3 is 1. The lowest BCUT2D eigenvalue weighted by Gasteiger charge is -2.10. The van der Waals surface area contributed by atoms with Gasteiger partial charge < -0.3 is 4.74 Å². The highest BCUT2D eigenvalue weighted by Gasteiger charge is 2.20. The van der Waals surface area contributed by atoms with Crippen molar-refractivity contribution in [1.82, 2.24) is 4.98 Å². The predicted octanol–water partition coefficient (Wildman–Crippen LogP) is 3.61. The lowest BCUT2D eigenvalue weighted by Crippen LogP contribution is -2.07. The summed E-state index contributed by atoms with van der Waals surface area (Å²) in [6, 6.07) is 11.5. The zero-order valence-corrected chi connectivity index (χ0v) is 11.3. The summed E-state index contributed by atoms with van der Waals surface area (Å²) in [5.41, 5.74) is 0.348. The third-order valence-electron chi connectivity index (χ3n) is 3.35. The van der Waals surface area contributed by atoms with Gasteiger partial charge >= 0.3 is 0 Å². The van der Waals surface area contributed by atoms with E-state index in [-0.39, 0.29) is 11.3 Å². The van der Waals surface area contributed by atoms with Gasteiger partial charge in [0.2, 0.25) is 0 Å². The second-order valence-corrected chi connectivity index (χ2v) is 4.55. The number of benzene rings is 2. The minimum absolute atomic E-state index is 0.0589. The number of hydrogen-bond acceptors (Lipinski definition) is 3. The van der Waals surface area contributed by atoms with Gasteiger partial charge in [-0.3, -0.25) is 9.78 Å². The molecule has 0 amide bonds. The van der Waals surface area contributed by atoms with E-state index >= 15 is 0 Å². The van der Waals surface area contributed by atoms with Gasteiger partial charge in [0.05, 0.1) is 7.11 Å². The van der Waals surface area contributed by atoms with Crippen LogP contribution in [0.2, 0.25) is 0 Å². The minimum atomic E-state index is -0.597. The number of carbonyl (C=O) groups is 1. The van der Waals surface area contributed by atoms with Crippen molar-refractivity contribution in [2.45, 2.75) is 0 Å². The summed E-state index contributed by atoms with van der Waals surface area (Å²) in [7, 11) is 1.41. The van der Waals surface area contributed by atoms with Crippen LogP contribution in [0, 0.1) is 5.82 Å². The molecule has 3 aromatic rings. The first-order valence-electron chi connectivity index (χ1n) is 6.42. The average molecular weight is 281 g/mol. The van der Waals surface area contributed by atoms with E-state index in [1.165, 1.54) is 19.2 Å². The van der Waals surface area contributed by atoms with Gasteiger partial charge in [0.25, 0.3) is 0 Å². The van der Waals surface area contributed by atoms with Gasteiger partial charge in [0.1, 0.15) is 17.1 Å². The average Bonchev–Trinajstić information content (AvgIpc) is 2.53. The first-order chi connectivity index (χ1) is 10.2. The molecule has 104 valence electrons. The summed E-state index contributed by atoms with van der Waals surface area (Å²) in [6.07, 6.45) is 3.26. The molecule has 0 radical (unpaired) electrons. The Morgan fingerprint density at radius 2 is 1.95 bits per heavy atom. The monoisotopic (exact) mass is 281 g/mol. The van der Waals surface area contributed by atoms with Crippen molar-refractivity contribution in [2.24, 2.45) is 0 Å². The maximum Gasteiger partial charge on any atom is 0.200 e. The van der Waals surface area contributed by atoms with Crippen LogP contribution in [-0.2, 0) is 0 Å². The molecule has 4 heteroatoms. The molecule has 0 atom stereocenters. The fourth-order valence-electron chi connectivity index (χ4n) is 2.34. The number of fused-ring (bicyclic) bond motifs is 1. The molecule has 21 heavy (non-hydrogen) atoms. The first-order valence-corrected chi connectivity index (χ1v) is 6.42. The Morgan fingerprint density at radius 1 is 1.14 bits per heavy atom. The Labute approximate surface area is 121 Å². The quantitative estimate of drug-likeness (QED) is 0.688. The van der Waals surface area contributed by atoms with Crippen molar-refractivity contribution in [3.05, 3.63) is 71.8 Å². The Balaban J connectivity index is 2.23. The molecule has 3 rings (SSSR count). The number of rotatable bonds is 3. The lowest BCUT2D eigenvalue weighted by atomic mass is 9.97. The molecule has 0 saturated carbocycles. The van der Waals surface area contributed by atoms with Gasteiger partial charge in [-0.1, -0.05) is 24.3 Å². The van der Waals surface area contributed by atoms with E-state index in [0.29, 0.717) is 10.9 Å². The predicted molar refractivity (Wildman–Crippen MR) is 78.1 cm³/mol. The van der Waals surface area contributed by atoms with Gasteiger partial charge in [0, 0.05) is 23.3 Å². The van der Waals surface area contributed by atoms with Crippen molar-refractivity contribution in [2.75, 3.05) is 7.11 Å². The minimum Gasteiger partial charge on any atom is -0.496 e. The second-order valence-electron chi connectivity index (χ2n) is 4.55. The highest BCUT2D eigenvalue weighted by atomic mass is 19.1. The molecule has 0 aliphatic carbocycles. The van der Waals surface area contributed by atoms with Gasteiger partial charge in [-0.05, 0) is 23.6 Å². The van der Waals surface area contributed by atoms with Crippen LogP contribution in [0.4, 0.5) is 4.39 Å². The Kier molecular flexibility index (Phi) is 3.36. The van der Waals surface area contributed by atoms with E-state index in [9.17, 15) is 9.18 Å². The Bertz CT molecular complexity index is 825. The highest BCUT2D eigenvalue weighted by molar-refractivity contribution is 6.17. The maximum absolute atomic E-state index is 14.1. The van der Waals surface area contributed by atoms with Crippen LogP contribution >= 0.6 is 0 Å². The molecular weight excluding hydrogens is 269 g/mol. The van der Waals surface area contributed by atoms with E-state index in [2.05, 4.69) is 4.98 Å². The number of ether oxygens (including phenoxy) is 1. The van der Waals surface area contributed by atoms with Crippen molar-refractivity contribution >= 4 is 16.6 Å². The molecule has 0 unspecified atom stereocenters. The number of pyridine rings is 1. The van der Waals surface area contributed by atoms with Crippen molar-refractivity contribution in [3.63, 3.8) is 0 Å². The van der Waals surface area contributed by atoms with Crippen LogP contribution in [0.15, 0.2) is 54.9 Å². The molecule has 0 aliphatic rings. The summed E-state index contributed by atoms with van der Waals surface area (Å²) in [5, 5.41) is 1.57. The van der Waals surface area contributed by atoms with Gasteiger partial charge in [-0.25, -0.2) is 4.39 Å². The summed E-state index contributed by atoms with van der Waals surface area (Å²) >= 11 is 0. The fourth-order valence-corrected chi connectivity index (χ4v) is 2.34. The number of aromatic nitrogens is 1. The number of hydrogen-bond donors (Lipinski definition) is 0. The zero-order valence-electron chi connectivity index (χ0n) is 11.3. The third-order valence-corrected chi connectivity index (χ3v) is 3.35. The standard InChI is InChI=1S/C17H12FNO2/c1-21-15-7-3-6-14(18)16(15)17(20)12-5-2-4-11-8-9-19-10-13(11)12/h2-10H,1H3. The number of ketones is 1. The van der Waals surface area contributed by atoms with Crippen molar-refractivity contribution in [1.29, 1.82) is 0 Å². The largest absolute Gasteiger partial charge is 0.496 e. The van der Waals surface area contributed by atoms with Crippen LogP contribution in [0.3, 0.4) is 0 Å². The molecular formula is C17H12FNO2. The van der Waals surface area contributed by atoms with Crippen molar-refractivity contribution < 1.29 is 13.9 Å². The zero-order chi connectivity index (χ0) is 14.8. The molecule has 0 N–H and O–H groups in total. The molecule has 0 bridgehead atoms. The number of carbonyl (C=O) groups excluding carboxylic acids is 1. The third kappa shape index (κ3) is 2.25. The van der Waals surface area contributed by atoms with Crippen LogP contribution in [0.5, 0.6) is 5.75 Å². The normalized spacial score (nSPS) is 10.6. The fraction of sp³-hybridized carbons (Fsp3) is 0.0588. The number of nitrogens with zero attached hydrogens (tertiary/aromatic N) is 1. The SMILES string of the molecule is COc1cccc(F)c1C(=O)c1cccc2ccncc12. The lowest BCUT2D eigenvalue weighted by molar-refractivity contribution is 0.103. The van der Waals surface area contributed by atoms with Gasteiger partial charge in [0.15, 0.2) is 5.78 Å². The van der Waals surface area contributed by atoms with E-state index in [1.54, 1.807) is 30.6 Å². The van der Waals surface area contributed by atoms with E-state index in [0.717, 1.165) is 5.39 Å². The van der Waals surface area contributed by atoms with E-state index < -0.39 is 11.6 Å². The second kappa shape index (κ2) is 5.32. The molecule has 0 aliphatic heterocycles. The Hall–Kier alpha value is -2.75. The van der Waals surface area contributed by atoms with E-state index in [1.807, 2.05) is 12.1 Å². The van der Waals surface area contributed by atoms with Crippen LogP contribution < -0.4 is 4.74 Å². The molecule has 2 aromatic carbocycles. The summed E-state index contributed by atoms with van der Waals surface area (Å²) < 4.78 is 19.2. The highest BCUT2D eigenvalue weighted by Crippen LogP contribution is 2.27. The topological polar surface area (TPSA) is 39.2 Å². The van der Waals surface area contributed by atoms with Crippen LogP contribution in [-0.4, -0.2) is 17.9 Å². The van der Waals surface area contributed by atoms with Crippen LogP contribution in [0.1, 0.15) is 15.9 Å². The maximum atomic E-state index is 14.1. The van der Waals surface area contributed by atoms with Crippen LogP contribution in [0.25, 0.3) is 10.8 Å². The molecule has 3 nitrogen and oxygen atoms in total. The van der Waals surface area contributed by atoms with Gasteiger partial charge in [-0.2, -0.15) is 0 Å². The molecule has 1 heterocycles. The Morgan fingerprint density at radius 3 is 2.76 bits per heavy atom. The summed E-state index contributed by atoms with van der Waals surface area (Å²) in [6.45, 7) is 0. The molecule has 0 spiro atoms. The number of halogens is 1. The van der Waals surface area contributed by atoms with Gasteiger partial charge in [-0.15, -0.1) is 0 Å². The smallest absolute Gasteiger partial charge is 0.200 e. The molecule has 0 fully saturated rings. The van der Waals surface area contributed by atoms with Crippen molar-refractivity contribution in [3.8, 4) is 5.75 Å². The molecule has 0 saturated heterocycles. The summed E-state index contributed by atoms with van der Waals surface area (Å²) in [5.74, 6) is -0.787. The first kappa shape index (κ1) is 13.2.